The van der Waals surface area contributed by atoms with Crippen LogP contribution in [-0.2, 0) is 4.74 Å². The maximum absolute atomic E-state index is 12.1. The van der Waals surface area contributed by atoms with Crippen LogP contribution in [0.4, 0.5) is 0 Å². The zero-order valence-corrected chi connectivity index (χ0v) is 8.73. The van der Waals surface area contributed by atoms with Gasteiger partial charge in [-0.15, -0.1) is 0 Å². The second kappa shape index (κ2) is 4.45. The molecular formula is C12H14O3. The largest absolute Gasteiger partial charge is 0.496 e. The summed E-state index contributed by atoms with van der Waals surface area (Å²) in [5, 5.41) is 0. The quantitative estimate of drug-likeness (QED) is 0.709. The molecule has 0 N–H and O–H groups in total. The van der Waals surface area contributed by atoms with Gasteiger partial charge in [0, 0.05) is 12.5 Å². The molecule has 0 aromatic heterocycles. The minimum absolute atomic E-state index is 0.00120. The minimum Gasteiger partial charge on any atom is -0.496 e. The molecule has 0 amide bonds. The van der Waals surface area contributed by atoms with Crippen molar-refractivity contribution in [2.24, 2.45) is 5.92 Å². The second-order valence-electron chi connectivity index (χ2n) is 3.63. The summed E-state index contributed by atoms with van der Waals surface area (Å²) in [6.07, 6.45) is 0.816. The molecule has 3 nitrogen and oxygen atoms in total. The lowest BCUT2D eigenvalue weighted by Crippen LogP contribution is -2.15. The maximum Gasteiger partial charge on any atom is 0.172 e. The van der Waals surface area contributed by atoms with Gasteiger partial charge in [-0.05, 0) is 18.6 Å². The zero-order valence-electron chi connectivity index (χ0n) is 8.73. The zero-order chi connectivity index (χ0) is 10.7. The van der Waals surface area contributed by atoms with E-state index >= 15 is 0 Å². The maximum atomic E-state index is 12.1. The molecule has 80 valence electrons. The van der Waals surface area contributed by atoms with Crippen molar-refractivity contribution in [1.29, 1.82) is 0 Å². The van der Waals surface area contributed by atoms with Crippen molar-refractivity contribution in [2.75, 3.05) is 20.3 Å². The van der Waals surface area contributed by atoms with Crippen LogP contribution >= 0.6 is 0 Å². The van der Waals surface area contributed by atoms with E-state index in [0.717, 1.165) is 6.42 Å². The Kier molecular flexibility index (Phi) is 3.02. The standard InChI is InChI=1S/C12H14O3/c1-14-11-5-3-2-4-10(11)12(13)9-6-7-15-8-9/h2-5,9H,6-8H2,1H3. The molecule has 1 aliphatic heterocycles. The van der Waals surface area contributed by atoms with Gasteiger partial charge in [0.05, 0.1) is 19.3 Å². The lowest BCUT2D eigenvalue weighted by atomic mass is 9.96. The molecule has 0 bridgehead atoms. The second-order valence-corrected chi connectivity index (χ2v) is 3.63. The Morgan fingerprint density at radius 1 is 1.47 bits per heavy atom. The van der Waals surface area contributed by atoms with Gasteiger partial charge in [-0.25, -0.2) is 0 Å². The van der Waals surface area contributed by atoms with Crippen molar-refractivity contribution >= 4 is 5.78 Å². The smallest absolute Gasteiger partial charge is 0.172 e. The number of carbonyl (C=O) groups is 1. The van der Waals surface area contributed by atoms with E-state index in [1.165, 1.54) is 0 Å². The average molecular weight is 206 g/mol. The van der Waals surface area contributed by atoms with Crippen LogP contribution in [0.25, 0.3) is 0 Å². The molecular weight excluding hydrogens is 192 g/mol. The Bertz CT molecular complexity index is 354. The van der Waals surface area contributed by atoms with E-state index < -0.39 is 0 Å². The highest BCUT2D eigenvalue weighted by atomic mass is 16.5. The van der Waals surface area contributed by atoms with Gasteiger partial charge in [0.15, 0.2) is 5.78 Å². The van der Waals surface area contributed by atoms with E-state index in [4.69, 9.17) is 9.47 Å². The van der Waals surface area contributed by atoms with E-state index in [9.17, 15) is 4.79 Å². The number of hydrogen-bond acceptors (Lipinski definition) is 3. The topological polar surface area (TPSA) is 35.5 Å². The Hall–Kier alpha value is -1.35. The van der Waals surface area contributed by atoms with Gasteiger partial charge in [-0.3, -0.25) is 4.79 Å². The number of methoxy groups -OCH3 is 1. The van der Waals surface area contributed by atoms with Crippen molar-refractivity contribution in [1.82, 2.24) is 0 Å². The number of ketones is 1. The number of carbonyl (C=O) groups excluding carboxylic acids is 1. The molecule has 2 rings (SSSR count). The highest BCUT2D eigenvalue weighted by molar-refractivity contribution is 6.00. The molecule has 0 spiro atoms. The third kappa shape index (κ3) is 2.02. The van der Waals surface area contributed by atoms with Gasteiger partial charge in [-0.2, -0.15) is 0 Å². The van der Waals surface area contributed by atoms with Crippen LogP contribution in [0.3, 0.4) is 0 Å². The van der Waals surface area contributed by atoms with Gasteiger partial charge in [-0.1, -0.05) is 12.1 Å². The molecule has 3 heteroatoms. The first-order valence-electron chi connectivity index (χ1n) is 5.08. The SMILES string of the molecule is COc1ccccc1C(=O)C1CCOC1. The summed E-state index contributed by atoms with van der Waals surface area (Å²) in [6.45, 7) is 1.22. The number of para-hydroxylation sites is 1. The van der Waals surface area contributed by atoms with E-state index in [0.29, 0.717) is 24.5 Å². The molecule has 1 fully saturated rings. The molecule has 15 heavy (non-hydrogen) atoms. The highest BCUT2D eigenvalue weighted by Gasteiger charge is 2.26. The summed E-state index contributed by atoms with van der Waals surface area (Å²) >= 11 is 0. The molecule has 1 atom stereocenters. The number of benzene rings is 1. The van der Waals surface area contributed by atoms with Crippen molar-refractivity contribution in [2.45, 2.75) is 6.42 Å². The van der Waals surface area contributed by atoms with Crippen molar-refractivity contribution < 1.29 is 14.3 Å². The fraction of sp³-hybridized carbons (Fsp3) is 0.417. The van der Waals surface area contributed by atoms with Crippen LogP contribution in [-0.4, -0.2) is 26.1 Å². The van der Waals surface area contributed by atoms with Crippen LogP contribution in [0.5, 0.6) is 5.75 Å². The minimum atomic E-state index is 0.00120. The number of rotatable bonds is 3. The van der Waals surface area contributed by atoms with Gasteiger partial charge >= 0.3 is 0 Å². The van der Waals surface area contributed by atoms with Crippen molar-refractivity contribution in [3.8, 4) is 5.75 Å². The van der Waals surface area contributed by atoms with Gasteiger partial charge < -0.3 is 9.47 Å². The van der Waals surface area contributed by atoms with E-state index in [1.807, 2.05) is 18.2 Å². The normalized spacial score (nSPS) is 20.2. The average Bonchev–Trinajstić information content (AvgIpc) is 2.81. The number of hydrogen-bond donors (Lipinski definition) is 0. The first-order valence-corrected chi connectivity index (χ1v) is 5.08. The Labute approximate surface area is 89.0 Å². The van der Waals surface area contributed by atoms with Crippen molar-refractivity contribution in [3.63, 3.8) is 0 Å². The molecule has 1 aliphatic rings. The predicted octanol–water partition coefficient (Wildman–Crippen LogP) is 1.91. The van der Waals surface area contributed by atoms with Gasteiger partial charge in [0.25, 0.3) is 0 Å². The molecule has 0 aliphatic carbocycles. The molecule has 0 radical (unpaired) electrons. The summed E-state index contributed by atoms with van der Waals surface area (Å²) in [5.74, 6) is 0.778. The lowest BCUT2D eigenvalue weighted by molar-refractivity contribution is 0.0897. The summed E-state index contributed by atoms with van der Waals surface area (Å²) in [5.41, 5.74) is 0.663. The predicted molar refractivity (Wildman–Crippen MR) is 56.3 cm³/mol. The fourth-order valence-corrected chi connectivity index (χ4v) is 1.81. The van der Waals surface area contributed by atoms with E-state index in [-0.39, 0.29) is 11.7 Å². The van der Waals surface area contributed by atoms with E-state index in [1.54, 1.807) is 13.2 Å². The summed E-state index contributed by atoms with van der Waals surface area (Å²) < 4.78 is 10.4. The highest BCUT2D eigenvalue weighted by Crippen LogP contribution is 2.24. The monoisotopic (exact) mass is 206 g/mol. The molecule has 1 aromatic carbocycles. The molecule has 1 unspecified atom stereocenters. The molecule has 1 aromatic rings. The van der Waals surface area contributed by atoms with Crippen LogP contribution in [0.2, 0.25) is 0 Å². The fourth-order valence-electron chi connectivity index (χ4n) is 1.81. The van der Waals surface area contributed by atoms with Gasteiger partial charge in [0.1, 0.15) is 5.75 Å². The summed E-state index contributed by atoms with van der Waals surface area (Å²) in [4.78, 5) is 12.1. The molecule has 0 saturated carbocycles. The number of ether oxygens (including phenoxy) is 2. The lowest BCUT2D eigenvalue weighted by Gasteiger charge is -2.10. The Morgan fingerprint density at radius 2 is 2.27 bits per heavy atom. The number of Topliss-reactive ketones (excluding diaryl/α,β-unsaturated/α-hetero) is 1. The van der Waals surface area contributed by atoms with Crippen molar-refractivity contribution in [3.05, 3.63) is 29.8 Å². The van der Waals surface area contributed by atoms with E-state index in [2.05, 4.69) is 0 Å². The molecule has 1 heterocycles. The van der Waals surface area contributed by atoms with Crippen LogP contribution in [0.1, 0.15) is 16.8 Å². The van der Waals surface area contributed by atoms with Crippen LogP contribution in [0.15, 0.2) is 24.3 Å². The Morgan fingerprint density at radius 3 is 2.93 bits per heavy atom. The molecule has 1 saturated heterocycles. The van der Waals surface area contributed by atoms with Crippen LogP contribution < -0.4 is 4.74 Å². The summed E-state index contributed by atoms with van der Waals surface area (Å²) in [7, 11) is 1.58. The first kappa shape index (κ1) is 10.2. The third-order valence-corrected chi connectivity index (χ3v) is 2.67. The van der Waals surface area contributed by atoms with Crippen LogP contribution in [0, 0.1) is 5.92 Å². The summed E-state index contributed by atoms with van der Waals surface area (Å²) in [6, 6.07) is 7.33. The Balaban J connectivity index is 2.24. The van der Waals surface area contributed by atoms with Gasteiger partial charge in [0.2, 0.25) is 0 Å². The first-order chi connectivity index (χ1) is 7.33. The third-order valence-electron chi connectivity index (χ3n) is 2.67.